The van der Waals surface area contributed by atoms with Crippen LogP contribution in [0.3, 0.4) is 0 Å². The summed E-state index contributed by atoms with van der Waals surface area (Å²) < 4.78 is 4.76. The molecule has 0 aromatic carbocycles. The smallest absolute Gasteiger partial charge is 0.409 e. The molecule has 58 valence electrons. The summed E-state index contributed by atoms with van der Waals surface area (Å²) in [6, 6.07) is 0. The Bertz CT molecular complexity index is 125. The summed E-state index contributed by atoms with van der Waals surface area (Å²) in [5, 5.41) is 0. The third-order valence-corrected chi connectivity index (χ3v) is 1.14. The summed E-state index contributed by atoms with van der Waals surface area (Å²) in [6.07, 6.45) is -0.134. The predicted octanol–water partition coefficient (Wildman–Crippen LogP) is 1.26. The number of carbonyl (C=O) groups is 1. The van der Waals surface area contributed by atoms with E-state index in [1.165, 1.54) is 0 Å². The van der Waals surface area contributed by atoms with Crippen LogP contribution >= 0.6 is 0 Å². The molecule has 0 aromatic heterocycles. The van der Waals surface area contributed by atoms with Crippen molar-refractivity contribution in [3.8, 4) is 0 Å². The average Bonchev–Trinajstić information content (AvgIpc) is 2.16. The van der Waals surface area contributed by atoms with Crippen molar-refractivity contribution < 1.29 is 9.53 Å². The van der Waals surface area contributed by atoms with E-state index in [0.29, 0.717) is 0 Å². The summed E-state index contributed by atoms with van der Waals surface area (Å²) in [6.45, 7) is 8.60. The topological polar surface area (TPSA) is 29.5 Å². The van der Waals surface area contributed by atoms with Gasteiger partial charge in [0.15, 0.2) is 0 Å². The van der Waals surface area contributed by atoms with Crippen LogP contribution in [0.4, 0.5) is 4.79 Å². The number of likely N-dealkylation sites (N-methyl/N-ethyl adjacent to an activating group) is 1. The van der Waals surface area contributed by atoms with E-state index in [2.05, 4.69) is 13.2 Å². The number of rotatable bonds is 0. The summed E-state index contributed by atoms with van der Waals surface area (Å²) >= 11 is 0. The molecule has 1 heterocycles. The lowest BCUT2D eigenvalue weighted by molar-refractivity contribution is 0.141. The number of amides is 1. The molecular formula is C7H13NO2. The zero-order valence-electron chi connectivity index (χ0n) is 6.46. The highest BCUT2D eigenvalue weighted by Gasteiger charge is 2.23. The number of ether oxygens (including phenoxy) is 1. The molecule has 1 unspecified atom stereocenters. The molecule has 1 atom stereocenters. The second-order valence-electron chi connectivity index (χ2n) is 2.07. The molecule has 10 heavy (non-hydrogen) atoms. The van der Waals surface area contributed by atoms with Gasteiger partial charge in [-0.3, -0.25) is 0 Å². The molecule has 1 aliphatic heterocycles. The SMILES string of the molecule is C=C.CC1CN(C)C(=O)O1. The first-order chi connectivity index (χ1) is 4.70. The van der Waals surface area contributed by atoms with Crippen molar-refractivity contribution in [1.82, 2.24) is 4.90 Å². The van der Waals surface area contributed by atoms with Crippen LogP contribution in [-0.2, 0) is 4.74 Å². The van der Waals surface area contributed by atoms with E-state index in [0.717, 1.165) is 6.54 Å². The number of carbonyl (C=O) groups excluding carboxylic acids is 1. The molecule has 0 aliphatic carbocycles. The Morgan fingerprint density at radius 3 is 2.30 bits per heavy atom. The second-order valence-corrected chi connectivity index (χ2v) is 2.07. The van der Waals surface area contributed by atoms with Crippen LogP contribution < -0.4 is 0 Å². The van der Waals surface area contributed by atoms with Crippen molar-refractivity contribution in [1.29, 1.82) is 0 Å². The minimum Gasteiger partial charge on any atom is -0.445 e. The highest BCUT2D eigenvalue weighted by molar-refractivity contribution is 5.69. The molecule has 3 heteroatoms. The Kier molecular flexibility index (Phi) is 3.54. The molecule has 0 aromatic rings. The van der Waals surface area contributed by atoms with Crippen LogP contribution in [0.15, 0.2) is 13.2 Å². The van der Waals surface area contributed by atoms with Gasteiger partial charge in [0.1, 0.15) is 6.10 Å². The Labute approximate surface area is 61.3 Å². The van der Waals surface area contributed by atoms with Gasteiger partial charge in [-0.05, 0) is 6.92 Å². The van der Waals surface area contributed by atoms with Crippen molar-refractivity contribution in [3.05, 3.63) is 13.2 Å². The number of hydrogen-bond acceptors (Lipinski definition) is 2. The number of cyclic esters (lactones) is 1. The molecule has 1 rings (SSSR count). The van der Waals surface area contributed by atoms with Crippen LogP contribution in [0, 0.1) is 0 Å². The van der Waals surface area contributed by atoms with Crippen molar-refractivity contribution in [2.45, 2.75) is 13.0 Å². The molecule has 3 nitrogen and oxygen atoms in total. The van der Waals surface area contributed by atoms with E-state index in [9.17, 15) is 4.79 Å². The molecule has 0 radical (unpaired) electrons. The summed E-state index contributed by atoms with van der Waals surface area (Å²) in [7, 11) is 1.73. The Hall–Kier alpha value is -0.990. The molecular weight excluding hydrogens is 130 g/mol. The highest BCUT2D eigenvalue weighted by atomic mass is 16.6. The fraction of sp³-hybridized carbons (Fsp3) is 0.571. The second kappa shape index (κ2) is 3.93. The van der Waals surface area contributed by atoms with Gasteiger partial charge >= 0.3 is 6.09 Å². The zero-order valence-corrected chi connectivity index (χ0v) is 6.46. The molecule has 1 saturated heterocycles. The normalized spacial score (nSPS) is 23.2. The summed E-state index contributed by atoms with van der Waals surface area (Å²) in [4.78, 5) is 12.0. The van der Waals surface area contributed by atoms with Gasteiger partial charge in [-0.2, -0.15) is 0 Å². The van der Waals surface area contributed by atoms with Crippen molar-refractivity contribution in [3.63, 3.8) is 0 Å². The van der Waals surface area contributed by atoms with E-state index >= 15 is 0 Å². The monoisotopic (exact) mass is 143 g/mol. The van der Waals surface area contributed by atoms with Crippen molar-refractivity contribution >= 4 is 6.09 Å². The third kappa shape index (κ3) is 2.09. The minimum atomic E-state index is -0.211. The first kappa shape index (κ1) is 9.01. The van der Waals surface area contributed by atoms with Gasteiger partial charge in [0.2, 0.25) is 0 Å². The fourth-order valence-corrected chi connectivity index (χ4v) is 0.760. The van der Waals surface area contributed by atoms with Crippen LogP contribution in [0.5, 0.6) is 0 Å². The van der Waals surface area contributed by atoms with Crippen molar-refractivity contribution in [2.24, 2.45) is 0 Å². The molecule has 0 bridgehead atoms. The fourth-order valence-electron chi connectivity index (χ4n) is 0.760. The zero-order chi connectivity index (χ0) is 8.15. The Morgan fingerprint density at radius 2 is 2.20 bits per heavy atom. The van der Waals surface area contributed by atoms with E-state index in [-0.39, 0.29) is 12.2 Å². The van der Waals surface area contributed by atoms with Gasteiger partial charge in [-0.1, -0.05) is 0 Å². The maximum absolute atomic E-state index is 10.5. The quantitative estimate of drug-likeness (QED) is 0.478. The van der Waals surface area contributed by atoms with Gasteiger partial charge in [0.25, 0.3) is 0 Å². The minimum absolute atomic E-state index is 0.0764. The Balaban J connectivity index is 0.000000371. The largest absolute Gasteiger partial charge is 0.445 e. The lowest BCUT2D eigenvalue weighted by Crippen LogP contribution is -2.18. The standard InChI is InChI=1S/C5H9NO2.C2H4/c1-4-3-6(2)5(7)8-4;1-2/h4H,3H2,1-2H3;1-2H2. The van der Waals surface area contributed by atoms with E-state index in [1.807, 2.05) is 6.92 Å². The van der Waals surface area contributed by atoms with Gasteiger partial charge in [0, 0.05) is 7.05 Å². The van der Waals surface area contributed by atoms with Crippen LogP contribution in [-0.4, -0.2) is 30.7 Å². The summed E-state index contributed by atoms with van der Waals surface area (Å²) in [5.41, 5.74) is 0. The van der Waals surface area contributed by atoms with Gasteiger partial charge in [0.05, 0.1) is 6.54 Å². The van der Waals surface area contributed by atoms with Gasteiger partial charge in [-0.15, -0.1) is 13.2 Å². The maximum Gasteiger partial charge on any atom is 0.409 e. The number of hydrogen-bond donors (Lipinski definition) is 0. The first-order valence-electron chi connectivity index (χ1n) is 3.12. The van der Waals surface area contributed by atoms with Crippen LogP contribution in [0.1, 0.15) is 6.92 Å². The maximum atomic E-state index is 10.5. The lowest BCUT2D eigenvalue weighted by atomic mass is 10.4. The Morgan fingerprint density at radius 1 is 1.70 bits per heavy atom. The predicted molar refractivity (Wildman–Crippen MR) is 39.8 cm³/mol. The molecule has 1 fully saturated rings. The molecule has 0 spiro atoms. The highest BCUT2D eigenvalue weighted by Crippen LogP contribution is 2.06. The third-order valence-electron chi connectivity index (χ3n) is 1.14. The van der Waals surface area contributed by atoms with Crippen molar-refractivity contribution in [2.75, 3.05) is 13.6 Å². The first-order valence-corrected chi connectivity index (χ1v) is 3.12. The number of nitrogens with zero attached hydrogens (tertiary/aromatic N) is 1. The average molecular weight is 143 g/mol. The van der Waals surface area contributed by atoms with Crippen LogP contribution in [0.25, 0.3) is 0 Å². The molecule has 0 N–H and O–H groups in total. The lowest BCUT2D eigenvalue weighted by Gasteiger charge is -1.99. The van der Waals surface area contributed by atoms with E-state index < -0.39 is 0 Å². The van der Waals surface area contributed by atoms with Gasteiger partial charge < -0.3 is 9.64 Å². The van der Waals surface area contributed by atoms with E-state index in [4.69, 9.17) is 4.74 Å². The molecule has 1 amide bonds. The molecule has 1 aliphatic rings. The summed E-state index contributed by atoms with van der Waals surface area (Å²) in [5.74, 6) is 0. The van der Waals surface area contributed by atoms with Gasteiger partial charge in [-0.25, -0.2) is 4.79 Å². The van der Waals surface area contributed by atoms with Crippen LogP contribution in [0.2, 0.25) is 0 Å². The molecule has 0 saturated carbocycles. The van der Waals surface area contributed by atoms with E-state index in [1.54, 1.807) is 11.9 Å².